The lowest BCUT2D eigenvalue weighted by atomic mass is 10.0. The van der Waals surface area contributed by atoms with Crippen LogP contribution in [0.15, 0.2) is 0 Å². The molecule has 0 aliphatic carbocycles. The first-order valence-corrected chi connectivity index (χ1v) is 7.91. The van der Waals surface area contributed by atoms with Gasteiger partial charge in [-0.2, -0.15) is 0 Å². The highest BCUT2D eigenvalue weighted by Crippen LogP contribution is 2.17. The van der Waals surface area contributed by atoms with Crippen molar-refractivity contribution in [3.63, 3.8) is 0 Å². The van der Waals surface area contributed by atoms with Crippen molar-refractivity contribution in [3.8, 4) is 0 Å². The van der Waals surface area contributed by atoms with Crippen molar-refractivity contribution in [1.29, 1.82) is 0 Å². The van der Waals surface area contributed by atoms with E-state index in [9.17, 15) is 8.42 Å². The topological polar surface area (TPSA) is 37.4 Å². The highest BCUT2D eigenvalue weighted by molar-refractivity contribution is 7.91. The Morgan fingerprint density at radius 2 is 2.20 bits per heavy atom. The van der Waals surface area contributed by atoms with Gasteiger partial charge in [0, 0.05) is 24.7 Å². The SMILES string of the molecule is CCS(=O)(=O)CCN1CCCC(CCl)C1. The average Bonchev–Trinajstić information content (AvgIpc) is 2.27. The van der Waals surface area contributed by atoms with Gasteiger partial charge in [0.1, 0.15) is 0 Å². The summed E-state index contributed by atoms with van der Waals surface area (Å²) >= 11 is 5.82. The van der Waals surface area contributed by atoms with Crippen molar-refractivity contribution in [2.24, 2.45) is 5.92 Å². The van der Waals surface area contributed by atoms with Gasteiger partial charge in [0.2, 0.25) is 0 Å². The largest absolute Gasteiger partial charge is 0.302 e. The van der Waals surface area contributed by atoms with Crippen LogP contribution in [0.5, 0.6) is 0 Å². The number of hydrogen-bond donors (Lipinski definition) is 0. The summed E-state index contributed by atoms with van der Waals surface area (Å²) in [7, 11) is -2.82. The van der Waals surface area contributed by atoms with Gasteiger partial charge in [0.25, 0.3) is 0 Å². The molecule has 15 heavy (non-hydrogen) atoms. The van der Waals surface area contributed by atoms with E-state index in [0.29, 0.717) is 24.1 Å². The van der Waals surface area contributed by atoms with Gasteiger partial charge in [0.15, 0.2) is 9.84 Å². The number of halogens is 1. The lowest BCUT2D eigenvalue weighted by Crippen LogP contribution is -2.39. The van der Waals surface area contributed by atoms with Gasteiger partial charge < -0.3 is 4.90 Å². The van der Waals surface area contributed by atoms with Gasteiger partial charge in [-0.25, -0.2) is 8.42 Å². The van der Waals surface area contributed by atoms with E-state index in [4.69, 9.17) is 11.6 Å². The molecule has 3 nitrogen and oxygen atoms in total. The second-order valence-corrected chi connectivity index (χ2v) is 6.98. The molecule has 0 aromatic rings. The molecule has 1 aliphatic heterocycles. The number of hydrogen-bond acceptors (Lipinski definition) is 3. The molecular weight excluding hydrogens is 234 g/mol. The van der Waals surface area contributed by atoms with Gasteiger partial charge in [-0.15, -0.1) is 11.6 Å². The van der Waals surface area contributed by atoms with Crippen LogP contribution in [0.3, 0.4) is 0 Å². The Bertz CT molecular complexity index is 279. The number of rotatable bonds is 5. The Kier molecular flexibility index (Phi) is 5.36. The van der Waals surface area contributed by atoms with E-state index in [0.717, 1.165) is 19.5 Å². The normalized spacial score (nSPS) is 24.3. The zero-order valence-corrected chi connectivity index (χ0v) is 10.9. The Morgan fingerprint density at radius 1 is 1.47 bits per heavy atom. The third-order valence-electron chi connectivity index (χ3n) is 2.98. The van der Waals surface area contributed by atoms with Crippen molar-refractivity contribution in [3.05, 3.63) is 0 Å². The number of piperidine rings is 1. The molecule has 5 heteroatoms. The first-order valence-electron chi connectivity index (χ1n) is 5.56. The summed E-state index contributed by atoms with van der Waals surface area (Å²) in [4.78, 5) is 2.23. The van der Waals surface area contributed by atoms with Crippen LogP contribution >= 0.6 is 11.6 Å². The lowest BCUT2D eigenvalue weighted by Gasteiger charge is -2.31. The zero-order valence-electron chi connectivity index (χ0n) is 9.28. The molecule has 0 saturated carbocycles. The highest BCUT2D eigenvalue weighted by atomic mass is 35.5. The maximum absolute atomic E-state index is 11.3. The van der Waals surface area contributed by atoms with Crippen molar-refractivity contribution in [2.45, 2.75) is 19.8 Å². The standard InChI is InChI=1S/C10H20ClNO2S/c1-2-15(13,14)7-6-12-5-3-4-10(8-11)9-12/h10H,2-9H2,1H3. The first kappa shape index (κ1) is 13.3. The number of alkyl halides is 1. The molecule has 0 spiro atoms. The predicted octanol–water partition coefficient (Wildman–Crippen LogP) is 1.37. The summed E-state index contributed by atoms with van der Waals surface area (Å²) in [6.45, 7) is 4.35. The van der Waals surface area contributed by atoms with Crippen LogP contribution in [0.2, 0.25) is 0 Å². The Hall–Kier alpha value is 0.200. The fourth-order valence-electron chi connectivity index (χ4n) is 1.89. The number of sulfone groups is 1. The molecule has 1 heterocycles. The molecule has 1 aliphatic rings. The third-order valence-corrected chi connectivity index (χ3v) is 5.10. The van der Waals surface area contributed by atoms with E-state index in [-0.39, 0.29) is 5.75 Å². The summed E-state index contributed by atoms with van der Waals surface area (Å²) in [6, 6.07) is 0. The maximum Gasteiger partial charge on any atom is 0.151 e. The molecule has 90 valence electrons. The molecule has 0 amide bonds. The van der Waals surface area contributed by atoms with Crippen LogP contribution in [0.4, 0.5) is 0 Å². The van der Waals surface area contributed by atoms with E-state index in [2.05, 4.69) is 4.90 Å². The first-order chi connectivity index (χ1) is 7.07. The molecule has 1 rings (SSSR count). The van der Waals surface area contributed by atoms with Gasteiger partial charge in [0.05, 0.1) is 5.75 Å². The van der Waals surface area contributed by atoms with Crippen LogP contribution in [-0.4, -0.2) is 50.3 Å². The second kappa shape index (κ2) is 6.06. The molecule has 0 aromatic carbocycles. The summed E-state index contributed by atoms with van der Waals surface area (Å²) in [5, 5.41) is 0. The minimum atomic E-state index is -2.82. The van der Waals surface area contributed by atoms with E-state index in [1.54, 1.807) is 6.92 Å². The Labute approximate surface area is 97.7 Å². The van der Waals surface area contributed by atoms with Crippen LogP contribution in [0.25, 0.3) is 0 Å². The van der Waals surface area contributed by atoms with Gasteiger partial charge in [-0.05, 0) is 25.3 Å². The van der Waals surface area contributed by atoms with Crippen LogP contribution in [-0.2, 0) is 9.84 Å². The highest BCUT2D eigenvalue weighted by Gasteiger charge is 2.20. The summed E-state index contributed by atoms with van der Waals surface area (Å²) in [5.41, 5.74) is 0. The van der Waals surface area contributed by atoms with Crippen LogP contribution < -0.4 is 0 Å². The molecular formula is C10H20ClNO2S. The van der Waals surface area contributed by atoms with E-state index < -0.39 is 9.84 Å². The van der Waals surface area contributed by atoms with Crippen molar-refractivity contribution < 1.29 is 8.42 Å². The van der Waals surface area contributed by atoms with Crippen LogP contribution in [0, 0.1) is 5.92 Å². The minimum absolute atomic E-state index is 0.250. The molecule has 1 atom stereocenters. The quantitative estimate of drug-likeness (QED) is 0.695. The van der Waals surface area contributed by atoms with Gasteiger partial charge in [-0.1, -0.05) is 6.92 Å². The predicted molar refractivity (Wildman–Crippen MR) is 64.2 cm³/mol. The van der Waals surface area contributed by atoms with E-state index in [1.165, 1.54) is 6.42 Å². The van der Waals surface area contributed by atoms with Gasteiger partial charge >= 0.3 is 0 Å². The number of likely N-dealkylation sites (tertiary alicyclic amines) is 1. The zero-order chi connectivity index (χ0) is 11.3. The molecule has 1 unspecified atom stereocenters. The summed E-state index contributed by atoms with van der Waals surface area (Å²) < 4.78 is 22.7. The van der Waals surface area contributed by atoms with Gasteiger partial charge in [-0.3, -0.25) is 0 Å². The molecule has 0 aromatic heterocycles. The number of nitrogens with zero attached hydrogens (tertiary/aromatic N) is 1. The smallest absolute Gasteiger partial charge is 0.151 e. The second-order valence-electron chi connectivity index (χ2n) is 4.20. The third kappa shape index (κ3) is 4.70. The van der Waals surface area contributed by atoms with Crippen molar-refractivity contribution >= 4 is 21.4 Å². The summed E-state index contributed by atoms with van der Waals surface area (Å²) in [6.07, 6.45) is 2.32. The fraction of sp³-hybridized carbons (Fsp3) is 1.00. The minimum Gasteiger partial charge on any atom is -0.302 e. The van der Waals surface area contributed by atoms with Crippen LogP contribution in [0.1, 0.15) is 19.8 Å². The molecule has 0 bridgehead atoms. The average molecular weight is 254 g/mol. The van der Waals surface area contributed by atoms with E-state index >= 15 is 0 Å². The Balaban J connectivity index is 2.33. The molecule has 1 saturated heterocycles. The summed E-state index contributed by atoms with van der Waals surface area (Å²) in [5.74, 6) is 1.78. The van der Waals surface area contributed by atoms with Crippen molar-refractivity contribution in [2.75, 3.05) is 37.0 Å². The fourth-order valence-corrected chi connectivity index (χ4v) is 2.97. The molecule has 0 radical (unpaired) electrons. The van der Waals surface area contributed by atoms with Crippen molar-refractivity contribution in [1.82, 2.24) is 4.90 Å². The lowest BCUT2D eigenvalue weighted by molar-refractivity contribution is 0.195. The Morgan fingerprint density at radius 3 is 2.80 bits per heavy atom. The maximum atomic E-state index is 11.3. The monoisotopic (exact) mass is 253 g/mol. The molecule has 0 N–H and O–H groups in total. The molecule has 1 fully saturated rings. The van der Waals surface area contributed by atoms with E-state index in [1.807, 2.05) is 0 Å².